The third-order valence-electron chi connectivity index (χ3n) is 7.60. The van der Waals surface area contributed by atoms with E-state index in [2.05, 4.69) is 27.7 Å². The smallest absolute Gasteiger partial charge is 0.344 e. The molecule has 3 rings (SSSR count). The molecule has 6 nitrogen and oxygen atoms in total. The summed E-state index contributed by atoms with van der Waals surface area (Å²) in [6.07, 6.45) is 8.51. The average Bonchev–Trinajstić information content (AvgIpc) is 2.99. The Bertz CT molecular complexity index is 1270. The highest BCUT2D eigenvalue weighted by Crippen LogP contribution is 2.43. The highest BCUT2D eigenvalue weighted by molar-refractivity contribution is 6.31. The summed E-state index contributed by atoms with van der Waals surface area (Å²) in [6, 6.07) is 13.0. The van der Waals surface area contributed by atoms with Crippen LogP contribution in [0.15, 0.2) is 42.5 Å². The molecule has 2 atom stereocenters. The van der Waals surface area contributed by atoms with Crippen molar-refractivity contribution >= 4 is 45.1 Å². The Morgan fingerprint density at radius 2 is 1.15 bits per heavy atom. The van der Waals surface area contributed by atoms with Gasteiger partial charge in [-0.25, -0.2) is 9.59 Å². The zero-order valence-corrected chi connectivity index (χ0v) is 25.8. The number of rotatable bonds is 18. The minimum atomic E-state index is -0.411. The van der Waals surface area contributed by atoms with Gasteiger partial charge in [-0.1, -0.05) is 102 Å². The number of fused-ring (bicyclic) bond motifs is 2. The van der Waals surface area contributed by atoms with E-state index in [0.29, 0.717) is 47.0 Å². The molecule has 41 heavy (non-hydrogen) atoms. The number of esters is 2. The molecule has 0 saturated carbocycles. The number of hydrogen-bond acceptors (Lipinski definition) is 6. The van der Waals surface area contributed by atoms with Crippen LogP contribution in [0.4, 0.5) is 0 Å². The summed E-state index contributed by atoms with van der Waals surface area (Å²) in [5.41, 5.74) is 0. The molecule has 2 unspecified atom stereocenters. The number of benzene rings is 3. The number of halogens is 1. The maximum absolute atomic E-state index is 12.6. The molecule has 0 bridgehead atoms. The van der Waals surface area contributed by atoms with Gasteiger partial charge >= 0.3 is 11.9 Å². The van der Waals surface area contributed by atoms with Gasteiger partial charge in [0.05, 0.1) is 13.2 Å². The van der Waals surface area contributed by atoms with Crippen LogP contribution in [-0.4, -0.2) is 38.4 Å². The van der Waals surface area contributed by atoms with Crippen molar-refractivity contribution in [2.75, 3.05) is 26.4 Å². The van der Waals surface area contributed by atoms with Crippen molar-refractivity contribution in [2.45, 2.75) is 79.1 Å². The number of carbonyl (C=O) groups is 2. The summed E-state index contributed by atoms with van der Waals surface area (Å²) in [5.74, 6) is 0.954. The van der Waals surface area contributed by atoms with Crippen LogP contribution in [0.25, 0.3) is 21.5 Å². The molecule has 0 spiro atoms. The lowest BCUT2D eigenvalue weighted by Crippen LogP contribution is -2.20. The van der Waals surface area contributed by atoms with Gasteiger partial charge in [-0.05, 0) is 42.9 Å². The Morgan fingerprint density at radius 1 is 0.683 bits per heavy atom. The van der Waals surface area contributed by atoms with Gasteiger partial charge in [0, 0.05) is 26.6 Å². The molecule has 3 aromatic rings. The predicted octanol–water partition coefficient (Wildman–Crippen LogP) is 8.92. The summed E-state index contributed by atoms with van der Waals surface area (Å²) in [7, 11) is 0. The van der Waals surface area contributed by atoms with Crippen molar-refractivity contribution in [3.63, 3.8) is 0 Å². The monoisotopic (exact) mass is 584 g/mol. The molecular formula is C34H45ClO6. The van der Waals surface area contributed by atoms with E-state index in [1.165, 1.54) is 0 Å². The van der Waals surface area contributed by atoms with E-state index in [1.54, 1.807) is 12.1 Å². The van der Waals surface area contributed by atoms with Crippen molar-refractivity contribution in [3.8, 4) is 11.5 Å². The Balaban J connectivity index is 1.79. The minimum absolute atomic E-state index is 0.213. The van der Waals surface area contributed by atoms with Crippen molar-refractivity contribution in [2.24, 2.45) is 11.8 Å². The normalized spacial score (nSPS) is 12.7. The molecule has 0 heterocycles. The fourth-order valence-electron chi connectivity index (χ4n) is 4.95. The average molecular weight is 585 g/mol. The maximum atomic E-state index is 12.6. The third kappa shape index (κ3) is 9.53. The first-order valence-corrected chi connectivity index (χ1v) is 15.5. The second-order valence-corrected chi connectivity index (χ2v) is 11.1. The molecule has 0 aliphatic carbocycles. The Labute approximate surface area is 249 Å². The molecule has 0 aliphatic heterocycles. The predicted molar refractivity (Wildman–Crippen MR) is 166 cm³/mol. The van der Waals surface area contributed by atoms with E-state index in [1.807, 2.05) is 30.3 Å². The van der Waals surface area contributed by atoms with Crippen molar-refractivity contribution < 1.29 is 28.5 Å². The molecule has 0 saturated heterocycles. The highest BCUT2D eigenvalue weighted by atomic mass is 35.5. The van der Waals surface area contributed by atoms with Crippen molar-refractivity contribution in [1.29, 1.82) is 0 Å². The van der Waals surface area contributed by atoms with Gasteiger partial charge in [-0.2, -0.15) is 0 Å². The molecule has 3 aromatic carbocycles. The zero-order valence-electron chi connectivity index (χ0n) is 25.0. The number of hydrogen-bond donors (Lipinski definition) is 0. The van der Waals surface area contributed by atoms with Crippen LogP contribution in [0.2, 0.25) is 5.02 Å². The lowest BCUT2D eigenvalue weighted by Gasteiger charge is -2.19. The topological polar surface area (TPSA) is 71.1 Å². The molecule has 0 aromatic heterocycles. The largest absolute Gasteiger partial charge is 0.481 e. The van der Waals surface area contributed by atoms with E-state index in [9.17, 15) is 9.59 Å². The van der Waals surface area contributed by atoms with Crippen molar-refractivity contribution in [1.82, 2.24) is 0 Å². The summed E-state index contributed by atoms with van der Waals surface area (Å²) < 4.78 is 23.3. The summed E-state index contributed by atoms with van der Waals surface area (Å²) >= 11 is 6.39. The lowest BCUT2D eigenvalue weighted by molar-refractivity contribution is -0.148. The van der Waals surface area contributed by atoms with Gasteiger partial charge < -0.3 is 18.9 Å². The van der Waals surface area contributed by atoms with Gasteiger partial charge in [-0.3, -0.25) is 0 Å². The summed E-state index contributed by atoms with van der Waals surface area (Å²) in [4.78, 5) is 25.3. The number of ether oxygens (including phenoxy) is 4. The van der Waals surface area contributed by atoms with E-state index in [-0.39, 0.29) is 13.2 Å². The van der Waals surface area contributed by atoms with E-state index in [0.717, 1.165) is 67.5 Å². The second-order valence-electron chi connectivity index (χ2n) is 10.7. The fourth-order valence-corrected chi connectivity index (χ4v) is 5.12. The quantitative estimate of drug-likeness (QED) is 0.110. The Hall–Kier alpha value is -2.99. The minimum Gasteiger partial charge on any atom is -0.481 e. The molecule has 0 radical (unpaired) electrons. The SMILES string of the molecule is CCCCC(CC)COC(=O)COc1c2ccccc2c(OCC(=O)OCC(CC)CCCC)c2cc(Cl)ccc12. The molecule has 0 fully saturated rings. The van der Waals surface area contributed by atoms with E-state index < -0.39 is 11.9 Å². The highest BCUT2D eigenvalue weighted by Gasteiger charge is 2.20. The van der Waals surface area contributed by atoms with Gasteiger partial charge in [0.15, 0.2) is 13.2 Å². The van der Waals surface area contributed by atoms with Crippen LogP contribution in [-0.2, 0) is 19.1 Å². The van der Waals surface area contributed by atoms with Crippen LogP contribution in [0.3, 0.4) is 0 Å². The van der Waals surface area contributed by atoms with Crippen LogP contribution in [0.1, 0.15) is 79.1 Å². The van der Waals surface area contributed by atoms with Crippen LogP contribution in [0.5, 0.6) is 11.5 Å². The number of unbranched alkanes of at least 4 members (excludes halogenated alkanes) is 2. The molecule has 224 valence electrons. The fraction of sp³-hybridized carbons (Fsp3) is 0.529. The van der Waals surface area contributed by atoms with Crippen LogP contribution < -0.4 is 9.47 Å². The van der Waals surface area contributed by atoms with Gasteiger partial charge in [-0.15, -0.1) is 0 Å². The molecule has 7 heteroatoms. The Kier molecular flexibility index (Phi) is 13.5. The third-order valence-corrected chi connectivity index (χ3v) is 7.84. The van der Waals surface area contributed by atoms with E-state index in [4.69, 9.17) is 30.5 Å². The Morgan fingerprint density at radius 3 is 1.61 bits per heavy atom. The van der Waals surface area contributed by atoms with Crippen LogP contribution in [0, 0.1) is 11.8 Å². The summed E-state index contributed by atoms with van der Waals surface area (Å²) in [5, 5.41) is 3.44. The summed E-state index contributed by atoms with van der Waals surface area (Å²) in [6.45, 7) is 8.91. The van der Waals surface area contributed by atoms with Gasteiger partial charge in [0.2, 0.25) is 0 Å². The van der Waals surface area contributed by atoms with Gasteiger partial charge in [0.25, 0.3) is 0 Å². The first kappa shape index (κ1) is 32.5. The molecule has 0 aliphatic rings. The molecule has 0 amide bonds. The van der Waals surface area contributed by atoms with Crippen molar-refractivity contribution in [3.05, 3.63) is 47.5 Å². The van der Waals surface area contributed by atoms with Gasteiger partial charge in [0.1, 0.15) is 11.5 Å². The van der Waals surface area contributed by atoms with E-state index >= 15 is 0 Å². The molecule has 0 N–H and O–H groups in total. The first-order chi connectivity index (χ1) is 19.9. The lowest BCUT2D eigenvalue weighted by atomic mass is 10.0. The zero-order chi connectivity index (χ0) is 29.6. The molecular weight excluding hydrogens is 540 g/mol. The maximum Gasteiger partial charge on any atom is 0.344 e. The van der Waals surface area contributed by atoms with Crippen LogP contribution >= 0.6 is 11.6 Å². The second kappa shape index (κ2) is 17.1. The number of carbonyl (C=O) groups excluding carboxylic acids is 2. The standard InChI is InChI=1S/C34H45ClO6/c1-5-9-13-24(7-3)20-38-31(36)22-40-33-27-15-11-12-16-28(27)34(30-19-26(35)17-18-29(30)33)41-23-32(37)39-21-25(8-4)14-10-6-2/h11-12,15-19,24-25H,5-10,13-14,20-23H2,1-4H3. The first-order valence-electron chi connectivity index (χ1n) is 15.1.